The van der Waals surface area contributed by atoms with Gasteiger partial charge in [0.1, 0.15) is 0 Å². The Bertz CT molecular complexity index is 394. The van der Waals surface area contributed by atoms with Crippen molar-refractivity contribution in [2.45, 2.75) is 18.9 Å². The Hall–Kier alpha value is -1.06. The molecule has 92 valence electrons. The fraction of sp³-hybridized carbons (Fsp3) is 0.571. The molecule has 0 aromatic heterocycles. The zero-order chi connectivity index (χ0) is 11.7. The van der Waals surface area contributed by atoms with Gasteiger partial charge in [0.2, 0.25) is 0 Å². The molecule has 3 heteroatoms. The molecule has 3 nitrogen and oxygen atoms in total. The minimum Gasteiger partial charge on any atom is -0.384 e. The van der Waals surface area contributed by atoms with Crippen molar-refractivity contribution in [2.75, 3.05) is 38.2 Å². The SMILES string of the molecule is CC1COCCN1CC1CNc2ccccc21. The molecular formula is C14H20N2O. The van der Waals surface area contributed by atoms with Crippen LogP contribution >= 0.6 is 0 Å². The van der Waals surface area contributed by atoms with Crippen LogP contribution in [0.15, 0.2) is 24.3 Å². The summed E-state index contributed by atoms with van der Waals surface area (Å²) in [6.07, 6.45) is 0. The van der Waals surface area contributed by atoms with Crippen LogP contribution in [0, 0.1) is 0 Å². The van der Waals surface area contributed by atoms with E-state index in [-0.39, 0.29) is 0 Å². The largest absolute Gasteiger partial charge is 0.384 e. The van der Waals surface area contributed by atoms with E-state index in [1.165, 1.54) is 11.3 Å². The highest BCUT2D eigenvalue weighted by Crippen LogP contribution is 2.32. The van der Waals surface area contributed by atoms with Crippen molar-refractivity contribution in [3.05, 3.63) is 29.8 Å². The molecule has 0 radical (unpaired) electrons. The van der Waals surface area contributed by atoms with Crippen LogP contribution in [-0.2, 0) is 4.74 Å². The highest BCUT2D eigenvalue weighted by Gasteiger charge is 2.27. The number of nitrogens with zero attached hydrogens (tertiary/aromatic N) is 1. The van der Waals surface area contributed by atoms with Crippen molar-refractivity contribution in [3.8, 4) is 0 Å². The fourth-order valence-electron chi connectivity index (χ4n) is 2.84. The maximum atomic E-state index is 5.49. The minimum atomic E-state index is 0.552. The first-order chi connectivity index (χ1) is 8.34. The van der Waals surface area contributed by atoms with Crippen molar-refractivity contribution in [1.29, 1.82) is 0 Å². The lowest BCUT2D eigenvalue weighted by Gasteiger charge is -2.34. The molecule has 0 bridgehead atoms. The molecule has 2 atom stereocenters. The highest BCUT2D eigenvalue weighted by atomic mass is 16.5. The van der Waals surface area contributed by atoms with E-state index < -0.39 is 0 Å². The summed E-state index contributed by atoms with van der Waals surface area (Å²) in [6, 6.07) is 9.23. The van der Waals surface area contributed by atoms with Crippen LogP contribution in [0.25, 0.3) is 0 Å². The number of para-hydroxylation sites is 1. The predicted octanol–water partition coefficient (Wildman–Crippen LogP) is 1.92. The number of nitrogens with one attached hydrogen (secondary N) is 1. The maximum Gasteiger partial charge on any atom is 0.0619 e. The van der Waals surface area contributed by atoms with Gasteiger partial charge in [0.15, 0.2) is 0 Å². The van der Waals surface area contributed by atoms with Gasteiger partial charge in [-0.05, 0) is 18.6 Å². The van der Waals surface area contributed by atoms with Gasteiger partial charge in [-0.3, -0.25) is 4.90 Å². The van der Waals surface area contributed by atoms with E-state index in [9.17, 15) is 0 Å². The fourth-order valence-corrected chi connectivity index (χ4v) is 2.84. The Balaban J connectivity index is 1.70. The molecule has 0 aliphatic carbocycles. The van der Waals surface area contributed by atoms with E-state index in [0.717, 1.165) is 32.8 Å². The summed E-state index contributed by atoms with van der Waals surface area (Å²) in [4.78, 5) is 2.55. The van der Waals surface area contributed by atoms with E-state index in [4.69, 9.17) is 4.74 Å². The molecule has 1 fully saturated rings. The highest BCUT2D eigenvalue weighted by molar-refractivity contribution is 5.57. The van der Waals surface area contributed by atoms with Crippen LogP contribution in [-0.4, -0.2) is 43.8 Å². The van der Waals surface area contributed by atoms with Crippen molar-refractivity contribution < 1.29 is 4.74 Å². The number of anilines is 1. The van der Waals surface area contributed by atoms with Crippen molar-refractivity contribution in [1.82, 2.24) is 4.90 Å². The predicted molar refractivity (Wildman–Crippen MR) is 69.5 cm³/mol. The van der Waals surface area contributed by atoms with Crippen molar-refractivity contribution in [3.63, 3.8) is 0 Å². The molecule has 3 rings (SSSR count). The number of hydrogen-bond acceptors (Lipinski definition) is 3. The summed E-state index contributed by atoms with van der Waals surface area (Å²) >= 11 is 0. The van der Waals surface area contributed by atoms with Gasteiger partial charge in [0.25, 0.3) is 0 Å². The van der Waals surface area contributed by atoms with Crippen molar-refractivity contribution in [2.24, 2.45) is 0 Å². The Kier molecular flexibility index (Phi) is 3.04. The molecule has 2 aliphatic rings. The first kappa shape index (κ1) is 11.1. The van der Waals surface area contributed by atoms with Crippen LogP contribution in [0.4, 0.5) is 5.69 Å². The Morgan fingerprint density at radius 1 is 1.41 bits per heavy atom. The van der Waals surface area contributed by atoms with Crippen LogP contribution in [0.2, 0.25) is 0 Å². The van der Waals surface area contributed by atoms with Crippen molar-refractivity contribution >= 4 is 5.69 Å². The maximum absolute atomic E-state index is 5.49. The Morgan fingerprint density at radius 2 is 2.29 bits per heavy atom. The monoisotopic (exact) mass is 232 g/mol. The summed E-state index contributed by atoms with van der Waals surface area (Å²) in [5.74, 6) is 0.631. The first-order valence-corrected chi connectivity index (χ1v) is 6.49. The molecule has 1 N–H and O–H groups in total. The van der Waals surface area contributed by atoms with Gasteiger partial charge >= 0.3 is 0 Å². The molecule has 2 unspecified atom stereocenters. The van der Waals surface area contributed by atoms with E-state index in [0.29, 0.717) is 12.0 Å². The third-order valence-corrected chi connectivity index (χ3v) is 3.90. The van der Waals surface area contributed by atoms with Gasteiger partial charge < -0.3 is 10.1 Å². The standard InChI is InChI=1S/C14H20N2O/c1-11-10-17-7-6-16(11)9-12-8-15-14-5-3-2-4-13(12)14/h2-5,11-12,15H,6-10H2,1H3. The second kappa shape index (κ2) is 4.67. The number of fused-ring (bicyclic) bond motifs is 1. The van der Waals surface area contributed by atoms with E-state index >= 15 is 0 Å². The van der Waals surface area contributed by atoms with Gasteiger partial charge in [0.05, 0.1) is 13.2 Å². The quantitative estimate of drug-likeness (QED) is 0.843. The summed E-state index contributed by atoms with van der Waals surface area (Å²) in [5.41, 5.74) is 2.80. The Labute approximate surface area is 103 Å². The average molecular weight is 232 g/mol. The lowest BCUT2D eigenvalue weighted by molar-refractivity contribution is -0.00230. The zero-order valence-electron chi connectivity index (χ0n) is 10.4. The zero-order valence-corrected chi connectivity index (χ0v) is 10.4. The van der Waals surface area contributed by atoms with Gasteiger partial charge in [0, 0.05) is 37.3 Å². The molecule has 0 spiro atoms. The van der Waals surface area contributed by atoms with Gasteiger partial charge in [-0.1, -0.05) is 18.2 Å². The molecule has 2 heterocycles. The smallest absolute Gasteiger partial charge is 0.0619 e. The molecule has 1 aromatic rings. The summed E-state index contributed by atoms with van der Waals surface area (Å²) in [7, 11) is 0. The lowest BCUT2D eigenvalue weighted by Crippen LogP contribution is -2.45. The second-order valence-corrected chi connectivity index (χ2v) is 5.08. The van der Waals surface area contributed by atoms with E-state index in [1.807, 2.05) is 0 Å². The van der Waals surface area contributed by atoms with E-state index in [2.05, 4.69) is 41.4 Å². The number of morpholine rings is 1. The van der Waals surface area contributed by atoms with Crippen LogP contribution in [0.3, 0.4) is 0 Å². The van der Waals surface area contributed by atoms with Crippen LogP contribution in [0.5, 0.6) is 0 Å². The topological polar surface area (TPSA) is 24.5 Å². The van der Waals surface area contributed by atoms with Gasteiger partial charge in [-0.15, -0.1) is 0 Å². The molecular weight excluding hydrogens is 212 g/mol. The van der Waals surface area contributed by atoms with Crippen LogP contribution < -0.4 is 5.32 Å². The third-order valence-electron chi connectivity index (χ3n) is 3.90. The van der Waals surface area contributed by atoms with Gasteiger partial charge in [-0.2, -0.15) is 0 Å². The normalized spacial score (nSPS) is 28.8. The molecule has 0 amide bonds. The Morgan fingerprint density at radius 3 is 3.18 bits per heavy atom. The summed E-state index contributed by atoms with van der Waals surface area (Å²) in [5, 5.41) is 3.50. The molecule has 0 saturated carbocycles. The van der Waals surface area contributed by atoms with E-state index in [1.54, 1.807) is 0 Å². The first-order valence-electron chi connectivity index (χ1n) is 6.49. The molecule has 2 aliphatic heterocycles. The number of ether oxygens (including phenoxy) is 1. The summed E-state index contributed by atoms with van der Waals surface area (Å²) in [6.45, 7) is 7.30. The molecule has 1 saturated heterocycles. The second-order valence-electron chi connectivity index (χ2n) is 5.08. The average Bonchev–Trinajstić information content (AvgIpc) is 2.76. The van der Waals surface area contributed by atoms with Gasteiger partial charge in [-0.25, -0.2) is 0 Å². The number of benzene rings is 1. The lowest BCUT2D eigenvalue weighted by atomic mass is 10.00. The number of hydrogen-bond donors (Lipinski definition) is 1. The van der Waals surface area contributed by atoms with Crippen LogP contribution in [0.1, 0.15) is 18.4 Å². The molecule has 17 heavy (non-hydrogen) atoms. The number of rotatable bonds is 2. The molecule has 1 aromatic carbocycles. The summed E-state index contributed by atoms with van der Waals surface area (Å²) < 4.78 is 5.49. The third kappa shape index (κ3) is 2.17. The minimum absolute atomic E-state index is 0.552.